The van der Waals surface area contributed by atoms with Crippen molar-refractivity contribution < 1.29 is 0 Å². The lowest BCUT2D eigenvalue weighted by molar-refractivity contribution is 0.278. The van der Waals surface area contributed by atoms with E-state index in [0.29, 0.717) is 6.04 Å². The minimum atomic E-state index is 0.707. The van der Waals surface area contributed by atoms with Crippen LogP contribution in [-0.4, -0.2) is 6.04 Å². The molecule has 1 N–H and O–H groups in total. The Labute approximate surface area is 116 Å². The lowest BCUT2D eigenvalue weighted by atomic mass is 9.84. The normalized spacial score (nSPS) is 24.2. The van der Waals surface area contributed by atoms with E-state index in [9.17, 15) is 0 Å². The molecule has 0 heterocycles. The fraction of sp³-hybridized carbons (Fsp3) is 0.625. The lowest BCUT2D eigenvalue weighted by Gasteiger charge is -2.29. The van der Waals surface area contributed by atoms with E-state index in [1.807, 2.05) is 12.1 Å². The van der Waals surface area contributed by atoms with Gasteiger partial charge >= 0.3 is 0 Å². The van der Waals surface area contributed by atoms with E-state index in [2.05, 4.69) is 25.2 Å². The van der Waals surface area contributed by atoms with Crippen LogP contribution >= 0.6 is 11.6 Å². The Morgan fingerprint density at radius 1 is 1.33 bits per heavy atom. The molecule has 2 unspecified atom stereocenters. The topological polar surface area (TPSA) is 12.0 Å². The molecule has 0 spiro atoms. The highest BCUT2D eigenvalue weighted by molar-refractivity contribution is 6.30. The highest BCUT2D eigenvalue weighted by atomic mass is 35.5. The smallest absolute Gasteiger partial charge is 0.0408 e. The lowest BCUT2D eigenvalue weighted by Crippen LogP contribution is -2.33. The van der Waals surface area contributed by atoms with E-state index in [-0.39, 0.29) is 0 Å². The van der Waals surface area contributed by atoms with E-state index < -0.39 is 0 Å². The van der Waals surface area contributed by atoms with Crippen LogP contribution in [-0.2, 0) is 6.54 Å². The van der Waals surface area contributed by atoms with Crippen molar-refractivity contribution in [3.8, 4) is 0 Å². The second-order valence-electron chi connectivity index (χ2n) is 5.59. The molecular formula is C16H24ClN. The molecule has 1 nitrogen and oxygen atoms in total. The van der Waals surface area contributed by atoms with E-state index in [1.54, 1.807) is 0 Å². The zero-order valence-electron chi connectivity index (χ0n) is 11.5. The highest BCUT2D eigenvalue weighted by Gasteiger charge is 2.20. The fourth-order valence-corrected chi connectivity index (χ4v) is 3.19. The minimum Gasteiger partial charge on any atom is -0.310 e. The van der Waals surface area contributed by atoms with Crippen LogP contribution in [0, 0.1) is 12.8 Å². The molecule has 100 valence electrons. The predicted octanol–water partition coefficient (Wildman–Crippen LogP) is 4.71. The van der Waals surface area contributed by atoms with Gasteiger partial charge in [-0.3, -0.25) is 0 Å². The van der Waals surface area contributed by atoms with Gasteiger partial charge in [0.1, 0.15) is 0 Å². The Bertz CT molecular complexity index is 389. The standard InChI is InChI=1S/C16H24ClN/c1-3-13-5-4-6-16(10-13)18-11-14-7-8-15(17)9-12(14)2/h7-9,13,16,18H,3-6,10-11H2,1-2H3. The van der Waals surface area contributed by atoms with Crippen LogP contribution < -0.4 is 5.32 Å². The summed E-state index contributed by atoms with van der Waals surface area (Å²) in [6.07, 6.45) is 6.83. The first-order chi connectivity index (χ1) is 8.69. The van der Waals surface area contributed by atoms with Crippen molar-refractivity contribution in [2.45, 2.75) is 58.5 Å². The van der Waals surface area contributed by atoms with Gasteiger partial charge in [0, 0.05) is 17.6 Å². The summed E-state index contributed by atoms with van der Waals surface area (Å²) in [5, 5.41) is 4.55. The Balaban J connectivity index is 1.87. The van der Waals surface area contributed by atoms with Crippen LogP contribution in [0.3, 0.4) is 0 Å². The summed E-state index contributed by atoms with van der Waals surface area (Å²) in [5.41, 5.74) is 2.66. The molecule has 18 heavy (non-hydrogen) atoms. The Kier molecular flexibility index (Phi) is 5.08. The number of nitrogens with one attached hydrogen (secondary N) is 1. The van der Waals surface area contributed by atoms with Crippen LogP contribution in [0.5, 0.6) is 0 Å². The van der Waals surface area contributed by atoms with Crippen LogP contribution in [0.1, 0.15) is 50.2 Å². The van der Waals surface area contributed by atoms with Gasteiger partial charge in [-0.15, -0.1) is 0 Å². The number of hydrogen-bond acceptors (Lipinski definition) is 1. The van der Waals surface area contributed by atoms with Gasteiger partial charge in [-0.25, -0.2) is 0 Å². The summed E-state index contributed by atoms with van der Waals surface area (Å²) in [6, 6.07) is 6.89. The number of aryl methyl sites for hydroxylation is 1. The minimum absolute atomic E-state index is 0.707. The quantitative estimate of drug-likeness (QED) is 0.832. The zero-order valence-corrected chi connectivity index (χ0v) is 12.3. The molecule has 0 radical (unpaired) electrons. The highest BCUT2D eigenvalue weighted by Crippen LogP contribution is 2.27. The van der Waals surface area contributed by atoms with Gasteiger partial charge in [0.25, 0.3) is 0 Å². The molecule has 1 aromatic rings. The molecule has 0 bridgehead atoms. The summed E-state index contributed by atoms with van der Waals surface area (Å²) >= 11 is 5.98. The molecule has 2 rings (SSSR count). The van der Waals surface area contributed by atoms with Crippen molar-refractivity contribution >= 4 is 11.6 Å². The Morgan fingerprint density at radius 2 is 2.17 bits per heavy atom. The third kappa shape index (κ3) is 3.73. The van der Waals surface area contributed by atoms with Crippen molar-refractivity contribution in [3.05, 3.63) is 34.3 Å². The van der Waals surface area contributed by atoms with Crippen molar-refractivity contribution in [2.24, 2.45) is 5.92 Å². The fourth-order valence-electron chi connectivity index (χ4n) is 2.96. The number of hydrogen-bond donors (Lipinski definition) is 1. The molecule has 0 aliphatic heterocycles. The Morgan fingerprint density at radius 3 is 2.89 bits per heavy atom. The van der Waals surface area contributed by atoms with E-state index in [4.69, 9.17) is 11.6 Å². The molecular weight excluding hydrogens is 242 g/mol. The third-order valence-electron chi connectivity index (χ3n) is 4.25. The molecule has 1 saturated carbocycles. The van der Waals surface area contributed by atoms with Crippen LogP contribution in [0.2, 0.25) is 5.02 Å². The SMILES string of the molecule is CCC1CCCC(NCc2ccc(Cl)cc2C)C1. The summed E-state index contributed by atoms with van der Waals surface area (Å²) in [6.45, 7) is 5.43. The molecule has 0 saturated heterocycles. The first-order valence-corrected chi connectivity index (χ1v) is 7.55. The largest absolute Gasteiger partial charge is 0.310 e. The third-order valence-corrected chi connectivity index (χ3v) is 4.48. The molecule has 2 atom stereocenters. The molecule has 1 fully saturated rings. The summed E-state index contributed by atoms with van der Waals surface area (Å²) < 4.78 is 0. The van der Waals surface area contributed by atoms with Gasteiger partial charge in [0.2, 0.25) is 0 Å². The van der Waals surface area contributed by atoms with Crippen molar-refractivity contribution in [1.82, 2.24) is 5.32 Å². The van der Waals surface area contributed by atoms with Gasteiger partial charge in [0.15, 0.2) is 0 Å². The molecule has 0 aromatic heterocycles. The predicted molar refractivity (Wildman–Crippen MR) is 79.1 cm³/mol. The van der Waals surface area contributed by atoms with Crippen molar-refractivity contribution in [1.29, 1.82) is 0 Å². The van der Waals surface area contributed by atoms with Gasteiger partial charge in [-0.05, 0) is 48.9 Å². The van der Waals surface area contributed by atoms with Crippen LogP contribution in [0.25, 0.3) is 0 Å². The second kappa shape index (κ2) is 6.58. The van der Waals surface area contributed by atoms with Crippen LogP contribution in [0.4, 0.5) is 0 Å². The average Bonchev–Trinajstić information content (AvgIpc) is 2.38. The number of halogens is 1. The first kappa shape index (κ1) is 13.9. The summed E-state index contributed by atoms with van der Waals surface area (Å²) in [5.74, 6) is 0.933. The summed E-state index contributed by atoms with van der Waals surface area (Å²) in [7, 11) is 0. The number of rotatable bonds is 4. The van der Waals surface area contributed by atoms with Gasteiger partial charge in [-0.1, -0.05) is 43.9 Å². The summed E-state index contributed by atoms with van der Waals surface area (Å²) in [4.78, 5) is 0. The van der Waals surface area contributed by atoms with Crippen molar-refractivity contribution in [2.75, 3.05) is 0 Å². The first-order valence-electron chi connectivity index (χ1n) is 7.17. The van der Waals surface area contributed by atoms with E-state index >= 15 is 0 Å². The van der Waals surface area contributed by atoms with Crippen molar-refractivity contribution in [3.63, 3.8) is 0 Å². The van der Waals surface area contributed by atoms with Crippen LogP contribution in [0.15, 0.2) is 18.2 Å². The Hall–Kier alpha value is -0.530. The van der Waals surface area contributed by atoms with E-state index in [0.717, 1.165) is 17.5 Å². The van der Waals surface area contributed by atoms with Gasteiger partial charge in [-0.2, -0.15) is 0 Å². The maximum atomic E-state index is 5.98. The van der Waals surface area contributed by atoms with Gasteiger partial charge in [0.05, 0.1) is 0 Å². The number of benzene rings is 1. The monoisotopic (exact) mass is 265 g/mol. The maximum Gasteiger partial charge on any atom is 0.0408 e. The second-order valence-corrected chi connectivity index (χ2v) is 6.03. The molecule has 2 heteroatoms. The van der Waals surface area contributed by atoms with E-state index in [1.165, 1.54) is 43.2 Å². The molecule has 1 aromatic carbocycles. The average molecular weight is 266 g/mol. The zero-order chi connectivity index (χ0) is 13.0. The maximum absolute atomic E-state index is 5.98. The molecule has 0 amide bonds. The van der Waals surface area contributed by atoms with Gasteiger partial charge < -0.3 is 5.32 Å². The molecule has 1 aliphatic carbocycles. The molecule has 1 aliphatic rings.